The normalized spacial score (nSPS) is 12.6. The quantitative estimate of drug-likeness (QED) is 0.799. The lowest BCUT2D eigenvalue weighted by Crippen LogP contribution is -2.22. The first-order chi connectivity index (χ1) is 9.74. The monoisotopic (exact) mass is 345 g/mol. The van der Waals surface area contributed by atoms with E-state index >= 15 is 0 Å². The zero-order chi connectivity index (χ0) is 14.1. The minimum atomic E-state index is 0. The standard InChI is InChI=1S/C15H19N3O2.2ClH/c1-16-8-9-6-11-13(12(7-9)20-2)14-10(15(19)18-11)4-3-5-17-14;;/h6-7,16-17H,3-5,8H2,1-2H3,(H,18,19);2*1H. The molecule has 0 spiro atoms. The van der Waals surface area contributed by atoms with Crippen molar-refractivity contribution >= 4 is 41.4 Å². The highest BCUT2D eigenvalue weighted by Gasteiger charge is 2.19. The fraction of sp³-hybridized carbons (Fsp3) is 0.400. The Labute approximate surface area is 141 Å². The van der Waals surface area contributed by atoms with E-state index in [1.807, 2.05) is 19.2 Å². The summed E-state index contributed by atoms with van der Waals surface area (Å²) in [4.78, 5) is 15.2. The van der Waals surface area contributed by atoms with E-state index in [1.54, 1.807) is 7.11 Å². The highest BCUT2D eigenvalue weighted by atomic mass is 35.5. The zero-order valence-electron chi connectivity index (χ0n) is 12.6. The van der Waals surface area contributed by atoms with Crippen molar-refractivity contribution in [2.45, 2.75) is 19.4 Å². The molecule has 0 saturated carbocycles. The minimum Gasteiger partial charge on any atom is -0.496 e. The van der Waals surface area contributed by atoms with E-state index in [9.17, 15) is 4.79 Å². The van der Waals surface area contributed by atoms with Crippen LogP contribution in [0.4, 0.5) is 5.69 Å². The highest BCUT2D eigenvalue weighted by Crippen LogP contribution is 2.35. The summed E-state index contributed by atoms with van der Waals surface area (Å²) in [5.41, 5.74) is 3.69. The van der Waals surface area contributed by atoms with E-state index in [0.717, 1.165) is 59.4 Å². The third-order valence-corrected chi connectivity index (χ3v) is 3.74. The summed E-state index contributed by atoms with van der Waals surface area (Å²) < 4.78 is 5.53. The van der Waals surface area contributed by atoms with Gasteiger partial charge in [0.05, 0.1) is 23.7 Å². The molecule has 0 atom stereocenters. The molecule has 1 aliphatic rings. The van der Waals surface area contributed by atoms with Gasteiger partial charge in [-0.25, -0.2) is 0 Å². The lowest BCUT2D eigenvalue weighted by molar-refractivity contribution is 0.419. The first kappa shape index (κ1) is 18.6. The fourth-order valence-electron chi connectivity index (χ4n) is 2.87. The first-order valence-electron chi connectivity index (χ1n) is 6.89. The van der Waals surface area contributed by atoms with Gasteiger partial charge >= 0.3 is 0 Å². The number of hydrogen-bond donors (Lipinski definition) is 3. The summed E-state index contributed by atoms with van der Waals surface area (Å²) in [5, 5.41) is 7.44. The third kappa shape index (κ3) is 3.16. The van der Waals surface area contributed by atoms with Crippen LogP contribution in [-0.2, 0) is 13.0 Å². The van der Waals surface area contributed by atoms with Crippen LogP contribution >= 0.6 is 24.8 Å². The maximum Gasteiger partial charge on any atom is 0.253 e. The average Bonchev–Trinajstić information content (AvgIpc) is 2.47. The number of methoxy groups -OCH3 is 1. The van der Waals surface area contributed by atoms with Crippen LogP contribution in [0.2, 0.25) is 0 Å². The van der Waals surface area contributed by atoms with Gasteiger partial charge in [-0.2, -0.15) is 0 Å². The van der Waals surface area contributed by atoms with E-state index in [0.29, 0.717) is 0 Å². The van der Waals surface area contributed by atoms with Crippen molar-refractivity contribution in [2.24, 2.45) is 0 Å². The summed E-state index contributed by atoms with van der Waals surface area (Å²) in [6.45, 7) is 1.63. The maximum atomic E-state index is 12.2. The molecule has 1 aromatic carbocycles. The van der Waals surface area contributed by atoms with E-state index in [-0.39, 0.29) is 30.4 Å². The molecule has 1 aliphatic heterocycles. The molecular formula is C15H21Cl2N3O2. The topological polar surface area (TPSA) is 66.1 Å². The van der Waals surface area contributed by atoms with Gasteiger partial charge in [-0.3, -0.25) is 4.79 Å². The first-order valence-corrected chi connectivity index (χ1v) is 6.89. The Kier molecular flexibility index (Phi) is 6.53. The number of pyridine rings is 1. The zero-order valence-corrected chi connectivity index (χ0v) is 14.2. The second kappa shape index (κ2) is 7.72. The molecule has 2 heterocycles. The van der Waals surface area contributed by atoms with Crippen LogP contribution in [-0.4, -0.2) is 25.7 Å². The number of H-pyrrole nitrogens is 1. The summed E-state index contributed by atoms with van der Waals surface area (Å²) in [6.07, 6.45) is 1.80. The molecule has 3 rings (SSSR count). The van der Waals surface area contributed by atoms with Crippen LogP contribution in [0.5, 0.6) is 5.75 Å². The summed E-state index contributed by atoms with van der Waals surface area (Å²) >= 11 is 0. The molecule has 0 radical (unpaired) electrons. The molecule has 0 saturated heterocycles. The molecule has 122 valence electrons. The number of aromatic nitrogens is 1. The van der Waals surface area contributed by atoms with Crippen molar-refractivity contribution in [3.8, 4) is 5.75 Å². The van der Waals surface area contributed by atoms with Gasteiger partial charge < -0.3 is 20.4 Å². The Bertz CT molecular complexity index is 716. The summed E-state index contributed by atoms with van der Waals surface area (Å²) in [5.74, 6) is 0.801. The van der Waals surface area contributed by atoms with Gasteiger partial charge in [-0.05, 0) is 37.6 Å². The number of anilines is 1. The van der Waals surface area contributed by atoms with Gasteiger partial charge in [0.2, 0.25) is 0 Å². The van der Waals surface area contributed by atoms with Crippen molar-refractivity contribution in [1.82, 2.24) is 10.3 Å². The number of nitrogens with one attached hydrogen (secondary N) is 3. The SMILES string of the molecule is CNCc1cc(OC)c2c3c(c(=O)[nH]c2c1)CCCN3.Cl.Cl. The van der Waals surface area contributed by atoms with Crippen molar-refractivity contribution < 1.29 is 4.74 Å². The largest absolute Gasteiger partial charge is 0.496 e. The predicted octanol–water partition coefficient (Wildman–Crippen LogP) is 2.46. The molecule has 0 bridgehead atoms. The fourth-order valence-corrected chi connectivity index (χ4v) is 2.87. The molecule has 5 nitrogen and oxygen atoms in total. The molecule has 2 aromatic rings. The van der Waals surface area contributed by atoms with Crippen LogP contribution < -0.4 is 20.9 Å². The van der Waals surface area contributed by atoms with Gasteiger partial charge in [0.15, 0.2) is 0 Å². The van der Waals surface area contributed by atoms with Crippen LogP contribution in [0.15, 0.2) is 16.9 Å². The van der Waals surface area contributed by atoms with Gasteiger partial charge in [0.25, 0.3) is 5.56 Å². The van der Waals surface area contributed by atoms with Crippen LogP contribution in [0.1, 0.15) is 17.5 Å². The maximum absolute atomic E-state index is 12.2. The number of aromatic amines is 1. The highest BCUT2D eigenvalue weighted by molar-refractivity contribution is 5.98. The molecule has 22 heavy (non-hydrogen) atoms. The van der Waals surface area contributed by atoms with Crippen LogP contribution in [0.25, 0.3) is 10.9 Å². The van der Waals surface area contributed by atoms with E-state index in [1.165, 1.54) is 0 Å². The van der Waals surface area contributed by atoms with Crippen molar-refractivity contribution in [3.63, 3.8) is 0 Å². The van der Waals surface area contributed by atoms with E-state index < -0.39 is 0 Å². The predicted molar refractivity (Wildman–Crippen MR) is 95.2 cm³/mol. The lowest BCUT2D eigenvalue weighted by atomic mass is 10.00. The molecule has 7 heteroatoms. The summed E-state index contributed by atoms with van der Waals surface area (Å²) in [7, 11) is 3.56. The van der Waals surface area contributed by atoms with Crippen molar-refractivity contribution in [1.29, 1.82) is 0 Å². The third-order valence-electron chi connectivity index (χ3n) is 3.74. The number of halogens is 2. The van der Waals surface area contributed by atoms with E-state index in [2.05, 4.69) is 15.6 Å². The van der Waals surface area contributed by atoms with Crippen LogP contribution in [0, 0.1) is 0 Å². The van der Waals surface area contributed by atoms with Gasteiger partial charge in [0.1, 0.15) is 5.75 Å². The Morgan fingerprint density at radius 3 is 2.77 bits per heavy atom. The van der Waals surface area contributed by atoms with Gasteiger partial charge in [-0.15, -0.1) is 24.8 Å². The Balaban J connectivity index is 0.00000121. The second-order valence-corrected chi connectivity index (χ2v) is 5.09. The molecule has 3 N–H and O–H groups in total. The number of fused-ring (bicyclic) bond motifs is 3. The molecule has 0 aliphatic carbocycles. The van der Waals surface area contributed by atoms with Gasteiger partial charge in [-0.1, -0.05) is 0 Å². The van der Waals surface area contributed by atoms with Crippen molar-refractivity contribution in [2.75, 3.05) is 26.0 Å². The smallest absolute Gasteiger partial charge is 0.253 e. The summed E-state index contributed by atoms with van der Waals surface area (Å²) in [6, 6.07) is 4.03. The number of ether oxygens (including phenoxy) is 1. The number of benzene rings is 1. The van der Waals surface area contributed by atoms with Crippen molar-refractivity contribution in [3.05, 3.63) is 33.6 Å². The molecule has 0 unspecified atom stereocenters. The number of hydrogen-bond acceptors (Lipinski definition) is 4. The lowest BCUT2D eigenvalue weighted by Gasteiger charge is -2.21. The molecule has 1 aromatic heterocycles. The van der Waals surface area contributed by atoms with Crippen LogP contribution in [0.3, 0.4) is 0 Å². The van der Waals surface area contributed by atoms with E-state index in [4.69, 9.17) is 4.74 Å². The molecule has 0 amide bonds. The Hall–Kier alpha value is -1.43. The molecular weight excluding hydrogens is 325 g/mol. The second-order valence-electron chi connectivity index (χ2n) is 5.09. The number of rotatable bonds is 3. The average molecular weight is 346 g/mol. The Morgan fingerprint density at radius 1 is 1.32 bits per heavy atom. The Morgan fingerprint density at radius 2 is 2.09 bits per heavy atom. The minimum absolute atomic E-state index is 0. The van der Waals surface area contributed by atoms with Gasteiger partial charge in [0, 0.05) is 18.7 Å². The molecule has 0 fully saturated rings.